The number of hydrogen-bond acceptors (Lipinski definition) is 3. The maximum absolute atomic E-state index is 5.98. The molecule has 0 spiro atoms. The fourth-order valence-electron chi connectivity index (χ4n) is 2.87. The predicted octanol–water partition coefficient (Wildman–Crippen LogP) is 3.45. The molecule has 0 aromatic heterocycles. The Bertz CT molecular complexity index is 425. The zero-order valence-corrected chi connectivity index (χ0v) is 12.3. The molecule has 1 aromatic carbocycles. The lowest BCUT2D eigenvalue weighted by molar-refractivity contribution is -0.00790. The summed E-state index contributed by atoms with van der Waals surface area (Å²) in [7, 11) is 0. The third-order valence-corrected chi connectivity index (χ3v) is 4.06. The van der Waals surface area contributed by atoms with Gasteiger partial charge in [0.15, 0.2) is 0 Å². The van der Waals surface area contributed by atoms with Crippen LogP contribution in [0.1, 0.15) is 50.6 Å². The van der Waals surface area contributed by atoms with E-state index in [1.807, 2.05) is 0 Å². The van der Waals surface area contributed by atoms with E-state index in [0.29, 0.717) is 12.2 Å². The number of benzene rings is 1. The molecule has 1 N–H and O–H groups in total. The van der Waals surface area contributed by atoms with E-state index >= 15 is 0 Å². The largest absolute Gasteiger partial charge is 0.490 e. The van der Waals surface area contributed by atoms with Crippen molar-refractivity contribution in [1.29, 1.82) is 0 Å². The molecule has 1 aliphatic carbocycles. The summed E-state index contributed by atoms with van der Waals surface area (Å²) >= 11 is 0. The molecule has 1 saturated carbocycles. The average molecular weight is 275 g/mol. The first-order valence-corrected chi connectivity index (χ1v) is 7.98. The number of hydrogen-bond donors (Lipinski definition) is 1. The van der Waals surface area contributed by atoms with Crippen LogP contribution in [0.25, 0.3) is 0 Å². The molecule has 3 rings (SSSR count). The van der Waals surface area contributed by atoms with Gasteiger partial charge in [-0.2, -0.15) is 0 Å². The van der Waals surface area contributed by atoms with Crippen LogP contribution >= 0.6 is 0 Å². The molecule has 0 radical (unpaired) electrons. The van der Waals surface area contributed by atoms with E-state index in [4.69, 9.17) is 9.47 Å². The minimum absolute atomic E-state index is 0.281. The highest BCUT2D eigenvalue weighted by molar-refractivity contribution is 5.31. The van der Waals surface area contributed by atoms with Crippen LogP contribution in [-0.2, 0) is 4.74 Å². The van der Waals surface area contributed by atoms with Gasteiger partial charge < -0.3 is 14.8 Å². The summed E-state index contributed by atoms with van der Waals surface area (Å²) in [6.07, 6.45) is 6.75. The van der Waals surface area contributed by atoms with Crippen molar-refractivity contribution in [3.63, 3.8) is 0 Å². The van der Waals surface area contributed by atoms with Crippen LogP contribution in [-0.4, -0.2) is 25.4 Å². The summed E-state index contributed by atoms with van der Waals surface area (Å²) in [5.74, 6) is 1.00. The summed E-state index contributed by atoms with van der Waals surface area (Å²) in [5, 5.41) is 3.58. The van der Waals surface area contributed by atoms with E-state index in [1.54, 1.807) is 0 Å². The Kier molecular flexibility index (Phi) is 4.58. The molecule has 1 aromatic rings. The molecule has 2 atom stereocenters. The zero-order valence-electron chi connectivity index (χ0n) is 12.3. The normalized spacial score (nSPS) is 24.4. The summed E-state index contributed by atoms with van der Waals surface area (Å²) in [6, 6.07) is 8.81. The second kappa shape index (κ2) is 6.59. The smallest absolute Gasteiger partial charge is 0.120 e. The van der Waals surface area contributed by atoms with Crippen LogP contribution in [0, 0.1) is 0 Å². The summed E-state index contributed by atoms with van der Waals surface area (Å²) in [6.45, 7) is 4.00. The van der Waals surface area contributed by atoms with Crippen molar-refractivity contribution in [2.75, 3.05) is 13.2 Å². The lowest BCUT2D eigenvalue weighted by Crippen LogP contribution is -2.35. The van der Waals surface area contributed by atoms with Crippen molar-refractivity contribution in [3.8, 4) is 5.75 Å². The molecule has 1 aliphatic heterocycles. The number of ether oxygens (including phenoxy) is 2. The Morgan fingerprint density at radius 3 is 2.90 bits per heavy atom. The van der Waals surface area contributed by atoms with Crippen LogP contribution in [0.3, 0.4) is 0 Å². The monoisotopic (exact) mass is 275 g/mol. The van der Waals surface area contributed by atoms with Crippen LogP contribution in [0.5, 0.6) is 5.75 Å². The zero-order chi connectivity index (χ0) is 13.8. The van der Waals surface area contributed by atoms with Crippen molar-refractivity contribution in [1.82, 2.24) is 5.32 Å². The molecule has 0 amide bonds. The highest BCUT2D eigenvalue weighted by Gasteiger charge is 2.27. The van der Waals surface area contributed by atoms with Crippen molar-refractivity contribution in [2.45, 2.75) is 57.3 Å². The second-order valence-corrected chi connectivity index (χ2v) is 5.83. The molecule has 2 unspecified atom stereocenters. The first-order valence-electron chi connectivity index (χ1n) is 7.98. The van der Waals surface area contributed by atoms with E-state index in [0.717, 1.165) is 25.3 Å². The molecule has 3 heteroatoms. The highest BCUT2D eigenvalue weighted by Crippen LogP contribution is 2.31. The molecular weight excluding hydrogens is 250 g/mol. The summed E-state index contributed by atoms with van der Waals surface area (Å²) < 4.78 is 11.9. The third kappa shape index (κ3) is 3.53. The van der Waals surface area contributed by atoms with Crippen molar-refractivity contribution in [3.05, 3.63) is 29.8 Å². The van der Waals surface area contributed by atoms with Gasteiger partial charge in [-0.25, -0.2) is 0 Å². The van der Waals surface area contributed by atoms with Gasteiger partial charge >= 0.3 is 0 Å². The Morgan fingerprint density at radius 1 is 1.30 bits per heavy atom. The number of rotatable bonds is 6. The van der Waals surface area contributed by atoms with Gasteiger partial charge in [0.2, 0.25) is 0 Å². The quantitative estimate of drug-likeness (QED) is 0.862. The Hall–Kier alpha value is -1.06. The summed E-state index contributed by atoms with van der Waals surface area (Å²) in [4.78, 5) is 0. The molecule has 110 valence electrons. The van der Waals surface area contributed by atoms with Crippen molar-refractivity contribution >= 4 is 0 Å². The van der Waals surface area contributed by atoms with E-state index in [9.17, 15) is 0 Å². The van der Waals surface area contributed by atoms with Crippen molar-refractivity contribution in [2.24, 2.45) is 0 Å². The van der Waals surface area contributed by atoms with Gasteiger partial charge in [0.1, 0.15) is 5.75 Å². The highest BCUT2D eigenvalue weighted by atomic mass is 16.5. The fraction of sp³-hybridized carbons (Fsp3) is 0.647. The molecule has 20 heavy (non-hydrogen) atoms. The minimum atomic E-state index is 0.281. The van der Waals surface area contributed by atoms with Gasteiger partial charge in [0.05, 0.1) is 18.2 Å². The maximum Gasteiger partial charge on any atom is 0.120 e. The first kappa shape index (κ1) is 13.9. The van der Waals surface area contributed by atoms with E-state index in [2.05, 4.69) is 36.5 Å². The van der Waals surface area contributed by atoms with E-state index < -0.39 is 0 Å². The van der Waals surface area contributed by atoms with Crippen LogP contribution in [0.4, 0.5) is 0 Å². The first-order chi connectivity index (χ1) is 9.86. The predicted molar refractivity (Wildman–Crippen MR) is 80.1 cm³/mol. The number of likely N-dealkylation sites (N-methyl/N-ethyl adjacent to an activating group) is 1. The topological polar surface area (TPSA) is 30.5 Å². The molecular formula is C17H25NO2. The Morgan fingerprint density at radius 2 is 2.20 bits per heavy atom. The van der Waals surface area contributed by atoms with E-state index in [-0.39, 0.29) is 6.04 Å². The molecule has 3 nitrogen and oxygen atoms in total. The Labute approximate surface area is 121 Å². The SMILES string of the molecule is CCNC(c1cccc(OC2CC2)c1)C1CCCCO1. The van der Waals surface area contributed by atoms with Crippen molar-refractivity contribution < 1.29 is 9.47 Å². The van der Waals surface area contributed by atoms with Crippen LogP contribution < -0.4 is 10.1 Å². The second-order valence-electron chi connectivity index (χ2n) is 5.83. The lowest BCUT2D eigenvalue weighted by Gasteiger charge is -2.31. The average Bonchev–Trinajstić information content (AvgIpc) is 3.30. The number of nitrogens with one attached hydrogen (secondary N) is 1. The standard InChI is InChI=1S/C17H25NO2/c1-2-18-17(16-8-3-4-11-19-16)13-6-5-7-15(12-13)20-14-9-10-14/h5-7,12,14,16-18H,2-4,8-11H2,1H3. The Balaban J connectivity index is 1.74. The van der Waals surface area contributed by atoms with Gasteiger partial charge in [0, 0.05) is 6.61 Å². The lowest BCUT2D eigenvalue weighted by atomic mass is 9.95. The maximum atomic E-state index is 5.98. The van der Waals surface area contributed by atoms with Gasteiger partial charge in [-0.3, -0.25) is 0 Å². The third-order valence-electron chi connectivity index (χ3n) is 4.06. The van der Waals surface area contributed by atoms with Crippen LogP contribution in [0.15, 0.2) is 24.3 Å². The van der Waals surface area contributed by atoms with Gasteiger partial charge in [-0.05, 0) is 56.3 Å². The minimum Gasteiger partial charge on any atom is -0.490 e. The van der Waals surface area contributed by atoms with Crippen LogP contribution in [0.2, 0.25) is 0 Å². The van der Waals surface area contributed by atoms with Gasteiger partial charge in [-0.15, -0.1) is 0 Å². The van der Waals surface area contributed by atoms with Gasteiger partial charge in [-0.1, -0.05) is 19.1 Å². The molecule has 1 heterocycles. The molecule has 2 fully saturated rings. The van der Waals surface area contributed by atoms with E-state index in [1.165, 1.54) is 31.2 Å². The molecule has 0 bridgehead atoms. The summed E-state index contributed by atoms with van der Waals surface area (Å²) in [5.41, 5.74) is 1.29. The molecule has 1 saturated heterocycles. The molecule has 2 aliphatic rings. The fourth-order valence-corrected chi connectivity index (χ4v) is 2.87. The van der Waals surface area contributed by atoms with Gasteiger partial charge in [0.25, 0.3) is 0 Å².